The largest absolute Gasteiger partial charge is 0.395 e. The number of hydrogen-bond donors (Lipinski definition) is 0. The van der Waals surface area contributed by atoms with Gasteiger partial charge in [-0.3, -0.25) is 9.97 Å². The van der Waals surface area contributed by atoms with E-state index in [0.29, 0.717) is 30.2 Å². The third kappa shape index (κ3) is 5.63. The molecule has 7 nitrogen and oxygen atoms in total. The van der Waals surface area contributed by atoms with Gasteiger partial charge in [-0.25, -0.2) is 0 Å². The minimum atomic E-state index is -0.284. The van der Waals surface area contributed by atoms with Gasteiger partial charge in [-0.05, 0) is 56.9 Å². The number of pyridine rings is 2. The molecule has 7 heteroatoms. The zero-order valence-corrected chi connectivity index (χ0v) is 18.0. The second-order valence-electron chi connectivity index (χ2n) is 8.28. The second-order valence-corrected chi connectivity index (χ2v) is 8.28. The Bertz CT molecular complexity index is 1000. The molecule has 0 saturated heterocycles. The highest BCUT2D eigenvalue weighted by Gasteiger charge is 2.22. The highest BCUT2D eigenvalue weighted by molar-refractivity contribution is 6.00. The zero-order chi connectivity index (χ0) is 21.6. The van der Waals surface area contributed by atoms with Crippen LogP contribution in [0.3, 0.4) is 0 Å². The van der Waals surface area contributed by atoms with E-state index < -0.39 is 0 Å². The maximum absolute atomic E-state index is 8.99. The molecule has 0 aliphatic heterocycles. The van der Waals surface area contributed by atoms with Gasteiger partial charge in [0.05, 0.1) is 23.0 Å². The summed E-state index contributed by atoms with van der Waals surface area (Å²) in [6.45, 7) is 8.61. The van der Waals surface area contributed by atoms with Crippen LogP contribution in [0, 0.1) is 23.7 Å². The first-order chi connectivity index (χ1) is 14.4. The van der Waals surface area contributed by atoms with E-state index in [2.05, 4.69) is 32.4 Å². The predicted octanol–water partition coefficient (Wildman–Crippen LogP) is 4.18. The van der Waals surface area contributed by atoms with Crippen LogP contribution in [0.5, 0.6) is 0 Å². The van der Waals surface area contributed by atoms with Crippen molar-refractivity contribution >= 4 is 11.4 Å². The van der Waals surface area contributed by atoms with Gasteiger partial charge in [0, 0.05) is 17.3 Å². The fourth-order valence-corrected chi connectivity index (χ4v) is 3.07. The summed E-state index contributed by atoms with van der Waals surface area (Å²) in [6.07, 6.45) is 4.55. The maximum Gasteiger partial charge on any atom is 0.125 e. The Morgan fingerprint density at radius 3 is 2.80 bits per heavy atom. The minimum Gasteiger partial charge on any atom is -0.395 e. The highest BCUT2D eigenvalue weighted by Crippen LogP contribution is 2.22. The second kappa shape index (κ2) is 9.49. The van der Waals surface area contributed by atoms with Crippen LogP contribution in [0.25, 0.3) is 0 Å². The molecule has 0 radical (unpaired) electrons. The standard InChI is InChI=1S/C23H27N5O2/c1-16-8-9-19-6-5-7-20(22(19)26-16)28-30-15-23(3,4)14-29-27-17(2)21-12-18(13-24)10-11-25-21/h8-12H,5-7,14-15H2,1-4H3/b27-17+,28-20+. The Balaban J connectivity index is 1.55. The molecule has 0 amide bonds. The Hall–Kier alpha value is -3.27. The number of nitriles is 1. The predicted molar refractivity (Wildman–Crippen MR) is 115 cm³/mol. The summed E-state index contributed by atoms with van der Waals surface area (Å²) in [5, 5.41) is 17.5. The van der Waals surface area contributed by atoms with Gasteiger partial charge in [0.1, 0.15) is 24.6 Å². The van der Waals surface area contributed by atoms with Crippen molar-refractivity contribution in [2.45, 2.75) is 47.0 Å². The molecule has 1 aliphatic carbocycles. The Morgan fingerprint density at radius 2 is 2.00 bits per heavy atom. The van der Waals surface area contributed by atoms with Crippen LogP contribution in [0.2, 0.25) is 0 Å². The van der Waals surface area contributed by atoms with E-state index in [0.717, 1.165) is 36.4 Å². The van der Waals surface area contributed by atoms with Crippen molar-refractivity contribution in [2.24, 2.45) is 15.7 Å². The molecule has 0 spiro atoms. The van der Waals surface area contributed by atoms with Gasteiger partial charge in [0.25, 0.3) is 0 Å². The lowest BCUT2D eigenvalue weighted by atomic mass is 9.94. The quantitative estimate of drug-likeness (QED) is 0.509. The van der Waals surface area contributed by atoms with Crippen molar-refractivity contribution < 1.29 is 9.68 Å². The lowest BCUT2D eigenvalue weighted by Crippen LogP contribution is -2.24. The SMILES string of the molecule is C/C(=N\OCC(C)(C)CO/N=C1\CCCc2ccc(C)nc21)c1cc(C#N)ccn1. The summed E-state index contributed by atoms with van der Waals surface area (Å²) < 4.78 is 0. The van der Waals surface area contributed by atoms with Crippen molar-refractivity contribution in [3.8, 4) is 6.07 Å². The summed E-state index contributed by atoms with van der Waals surface area (Å²) in [5.74, 6) is 0. The molecule has 2 aromatic heterocycles. The Kier molecular flexibility index (Phi) is 6.78. The molecule has 156 valence electrons. The first kappa shape index (κ1) is 21.4. The fraction of sp³-hybridized carbons (Fsp3) is 0.435. The maximum atomic E-state index is 8.99. The summed E-state index contributed by atoms with van der Waals surface area (Å²) in [7, 11) is 0. The molecule has 2 heterocycles. The molecule has 30 heavy (non-hydrogen) atoms. The van der Waals surface area contributed by atoms with Gasteiger partial charge in [-0.1, -0.05) is 30.2 Å². The van der Waals surface area contributed by atoms with Gasteiger partial charge in [-0.15, -0.1) is 0 Å². The molecule has 0 atom stereocenters. The number of rotatable bonds is 7. The highest BCUT2D eigenvalue weighted by atomic mass is 16.6. The van der Waals surface area contributed by atoms with Crippen LogP contribution >= 0.6 is 0 Å². The van der Waals surface area contributed by atoms with Gasteiger partial charge in [0.15, 0.2) is 0 Å². The number of oxime groups is 2. The molecular weight excluding hydrogens is 378 g/mol. The van der Waals surface area contributed by atoms with Crippen molar-refractivity contribution in [1.82, 2.24) is 9.97 Å². The van der Waals surface area contributed by atoms with Gasteiger partial charge < -0.3 is 9.68 Å². The number of nitrogens with zero attached hydrogens (tertiary/aromatic N) is 5. The summed E-state index contributed by atoms with van der Waals surface area (Å²) in [6, 6.07) is 9.60. The molecule has 0 N–H and O–H groups in total. The lowest BCUT2D eigenvalue weighted by molar-refractivity contribution is -0.000158. The van der Waals surface area contributed by atoms with Gasteiger partial charge in [-0.2, -0.15) is 5.26 Å². The fourth-order valence-electron chi connectivity index (χ4n) is 3.07. The third-order valence-electron chi connectivity index (χ3n) is 4.80. The van der Waals surface area contributed by atoms with E-state index in [1.54, 1.807) is 25.3 Å². The summed E-state index contributed by atoms with van der Waals surface area (Å²) in [4.78, 5) is 20.1. The number of fused-ring (bicyclic) bond motifs is 1. The van der Waals surface area contributed by atoms with E-state index in [4.69, 9.17) is 14.9 Å². The molecule has 0 unspecified atom stereocenters. The van der Waals surface area contributed by atoms with E-state index >= 15 is 0 Å². The number of aryl methyl sites for hydroxylation is 2. The van der Waals surface area contributed by atoms with Crippen molar-refractivity contribution in [1.29, 1.82) is 5.26 Å². The molecule has 1 aliphatic rings. The zero-order valence-electron chi connectivity index (χ0n) is 18.0. The molecule has 0 aromatic carbocycles. The lowest BCUT2D eigenvalue weighted by Gasteiger charge is -2.22. The normalized spacial score (nSPS) is 15.4. The monoisotopic (exact) mass is 405 g/mol. The Labute approximate surface area is 177 Å². The van der Waals surface area contributed by atoms with E-state index in [9.17, 15) is 0 Å². The van der Waals surface area contributed by atoms with Crippen LogP contribution in [0.15, 0.2) is 40.8 Å². The number of hydrogen-bond acceptors (Lipinski definition) is 7. The summed E-state index contributed by atoms with van der Waals surface area (Å²) in [5.41, 5.74) is 5.58. The first-order valence-corrected chi connectivity index (χ1v) is 10.1. The van der Waals surface area contributed by atoms with Crippen molar-refractivity contribution in [2.75, 3.05) is 13.2 Å². The molecular formula is C23H27N5O2. The summed E-state index contributed by atoms with van der Waals surface area (Å²) >= 11 is 0. The topological polar surface area (TPSA) is 92.8 Å². The van der Waals surface area contributed by atoms with Gasteiger partial charge in [0.2, 0.25) is 0 Å². The smallest absolute Gasteiger partial charge is 0.125 e. The molecule has 0 bridgehead atoms. The molecule has 2 aromatic rings. The van der Waals surface area contributed by atoms with Crippen LogP contribution in [-0.2, 0) is 16.1 Å². The van der Waals surface area contributed by atoms with Crippen molar-refractivity contribution in [3.05, 3.63) is 58.7 Å². The van der Waals surface area contributed by atoms with Gasteiger partial charge >= 0.3 is 0 Å². The minimum absolute atomic E-state index is 0.284. The van der Waals surface area contributed by atoms with E-state index in [-0.39, 0.29) is 5.41 Å². The van der Waals surface area contributed by atoms with Crippen LogP contribution in [0.4, 0.5) is 0 Å². The Morgan fingerprint density at radius 1 is 1.20 bits per heavy atom. The van der Waals surface area contributed by atoms with E-state index in [1.165, 1.54) is 5.56 Å². The average molecular weight is 406 g/mol. The van der Waals surface area contributed by atoms with Crippen molar-refractivity contribution in [3.63, 3.8) is 0 Å². The molecule has 0 fully saturated rings. The van der Waals surface area contributed by atoms with E-state index in [1.807, 2.05) is 26.8 Å². The average Bonchev–Trinajstić information content (AvgIpc) is 2.73. The molecule has 3 rings (SSSR count). The van der Waals surface area contributed by atoms with Crippen LogP contribution in [0.1, 0.15) is 61.8 Å². The van der Waals surface area contributed by atoms with Crippen LogP contribution < -0.4 is 0 Å². The molecule has 0 saturated carbocycles. The number of aromatic nitrogens is 2. The first-order valence-electron chi connectivity index (χ1n) is 10.1. The third-order valence-corrected chi connectivity index (χ3v) is 4.80. The van der Waals surface area contributed by atoms with Crippen LogP contribution in [-0.4, -0.2) is 34.6 Å².